The first-order valence-electron chi connectivity index (χ1n) is 5.05. The van der Waals surface area contributed by atoms with Crippen LogP contribution in [0.2, 0.25) is 0 Å². The summed E-state index contributed by atoms with van der Waals surface area (Å²) in [6, 6.07) is 1.28. The summed E-state index contributed by atoms with van der Waals surface area (Å²) < 4.78 is 22.0. The van der Waals surface area contributed by atoms with Crippen LogP contribution in [0.5, 0.6) is 0 Å². The number of carbonyl (C=O) groups is 1. The van der Waals surface area contributed by atoms with E-state index in [0.29, 0.717) is 18.7 Å². The summed E-state index contributed by atoms with van der Waals surface area (Å²) in [6.45, 7) is 3.98. The van der Waals surface area contributed by atoms with Gasteiger partial charge in [-0.15, -0.1) is 11.3 Å². The van der Waals surface area contributed by atoms with Crippen LogP contribution in [0.3, 0.4) is 0 Å². The van der Waals surface area contributed by atoms with Crippen LogP contribution in [0.25, 0.3) is 0 Å². The number of hydrogen-bond acceptors (Lipinski definition) is 5. The minimum Gasteiger partial charge on any atom is -0.351 e. The third kappa shape index (κ3) is 4.43. The van der Waals surface area contributed by atoms with Crippen molar-refractivity contribution in [2.45, 2.75) is 11.1 Å². The van der Waals surface area contributed by atoms with E-state index in [-0.39, 0.29) is 10.1 Å². The lowest BCUT2D eigenvalue weighted by molar-refractivity contribution is 0.0954. The minimum absolute atomic E-state index is 0.00525. The molecule has 8 heteroatoms. The third-order valence-corrected chi connectivity index (χ3v) is 4.34. The number of nitrogens with one attached hydrogen (secondary N) is 2. The predicted molar refractivity (Wildman–Crippen MR) is 66.6 cm³/mol. The highest BCUT2D eigenvalue weighted by Gasteiger charge is 2.14. The number of likely N-dealkylation sites (N-methyl/N-ethyl adjacent to an activating group) is 1. The number of amides is 1. The van der Waals surface area contributed by atoms with Gasteiger partial charge in [0.1, 0.15) is 4.21 Å². The molecule has 0 aliphatic carbocycles. The Morgan fingerprint density at radius 1 is 1.47 bits per heavy atom. The molecule has 0 radical (unpaired) electrons. The normalized spacial score (nSPS) is 11.4. The maximum Gasteiger partial charge on any atom is 0.252 e. The standard InChI is InChI=1S/C9H15N3O3S2/c1-2-11-3-4-12-9(13)7-5-8(16-6-7)17(10,14)15/h5-6,11H,2-4H2,1H3,(H,12,13)(H2,10,14,15). The van der Waals surface area contributed by atoms with Crippen LogP contribution in [0.15, 0.2) is 15.7 Å². The molecule has 0 atom stereocenters. The van der Waals surface area contributed by atoms with E-state index in [4.69, 9.17) is 5.14 Å². The predicted octanol–water partition coefficient (Wildman–Crippen LogP) is -0.265. The Labute approximate surface area is 104 Å². The molecular formula is C9H15N3O3S2. The Bertz CT molecular complexity index is 481. The Balaban J connectivity index is 2.56. The van der Waals surface area contributed by atoms with E-state index < -0.39 is 10.0 Å². The summed E-state index contributed by atoms with van der Waals surface area (Å²) in [4.78, 5) is 11.6. The number of nitrogens with two attached hydrogens (primary N) is 1. The molecule has 6 nitrogen and oxygen atoms in total. The molecule has 0 saturated heterocycles. The highest BCUT2D eigenvalue weighted by Crippen LogP contribution is 2.18. The average molecular weight is 277 g/mol. The van der Waals surface area contributed by atoms with Gasteiger partial charge in [-0.3, -0.25) is 4.79 Å². The van der Waals surface area contributed by atoms with E-state index >= 15 is 0 Å². The van der Waals surface area contributed by atoms with Crippen LogP contribution in [0.1, 0.15) is 17.3 Å². The third-order valence-electron chi connectivity index (χ3n) is 1.96. The lowest BCUT2D eigenvalue weighted by Crippen LogP contribution is -2.31. The Morgan fingerprint density at radius 2 is 2.18 bits per heavy atom. The first kappa shape index (κ1) is 14.1. The lowest BCUT2D eigenvalue weighted by Gasteiger charge is -2.03. The average Bonchev–Trinajstić information content (AvgIpc) is 2.72. The van der Waals surface area contributed by atoms with Gasteiger partial charge in [0.05, 0.1) is 5.56 Å². The van der Waals surface area contributed by atoms with Crippen molar-refractivity contribution < 1.29 is 13.2 Å². The zero-order valence-corrected chi connectivity index (χ0v) is 11.0. The molecule has 1 aromatic heterocycles. The first-order valence-corrected chi connectivity index (χ1v) is 7.48. The fourth-order valence-corrected chi connectivity index (χ4v) is 2.71. The SMILES string of the molecule is CCNCCNC(=O)c1csc(S(N)(=O)=O)c1. The summed E-state index contributed by atoms with van der Waals surface area (Å²) in [5, 5.41) is 12.2. The van der Waals surface area contributed by atoms with Crippen molar-refractivity contribution in [3.05, 3.63) is 17.0 Å². The fraction of sp³-hybridized carbons (Fsp3) is 0.444. The van der Waals surface area contributed by atoms with Crippen molar-refractivity contribution in [3.63, 3.8) is 0 Å². The van der Waals surface area contributed by atoms with Crippen molar-refractivity contribution in [2.24, 2.45) is 5.14 Å². The summed E-state index contributed by atoms with van der Waals surface area (Å²) >= 11 is 0.939. The molecule has 4 N–H and O–H groups in total. The largest absolute Gasteiger partial charge is 0.351 e. The molecule has 0 saturated carbocycles. The van der Waals surface area contributed by atoms with Gasteiger partial charge in [0.2, 0.25) is 10.0 Å². The lowest BCUT2D eigenvalue weighted by atomic mass is 10.3. The second-order valence-electron chi connectivity index (χ2n) is 3.31. The molecule has 1 rings (SSSR count). The molecule has 0 fully saturated rings. The highest BCUT2D eigenvalue weighted by molar-refractivity contribution is 7.91. The molecular weight excluding hydrogens is 262 g/mol. The van der Waals surface area contributed by atoms with Crippen molar-refractivity contribution in [1.29, 1.82) is 0 Å². The van der Waals surface area contributed by atoms with E-state index in [1.165, 1.54) is 11.4 Å². The number of hydrogen-bond donors (Lipinski definition) is 3. The number of carbonyl (C=O) groups excluding carboxylic acids is 1. The van der Waals surface area contributed by atoms with Gasteiger partial charge in [-0.1, -0.05) is 6.92 Å². The van der Waals surface area contributed by atoms with E-state index in [1.807, 2.05) is 6.92 Å². The van der Waals surface area contributed by atoms with Gasteiger partial charge in [-0.05, 0) is 12.6 Å². The van der Waals surface area contributed by atoms with Gasteiger partial charge in [0.25, 0.3) is 5.91 Å². The van der Waals surface area contributed by atoms with Crippen LogP contribution in [-0.4, -0.2) is 34.0 Å². The van der Waals surface area contributed by atoms with Crippen LogP contribution < -0.4 is 15.8 Å². The molecule has 0 aliphatic heterocycles. The van der Waals surface area contributed by atoms with Crippen molar-refractivity contribution in [3.8, 4) is 0 Å². The number of rotatable bonds is 6. The van der Waals surface area contributed by atoms with Gasteiger partial charge >= 0.3 is 0 Å². The van der Waals surface area contributed by atoms with Gasteiger partial charge in [-0.2, -0.15) is 0 Å². The molecule has 0 bridgehead atoms. The molecule has 17 heavy (non-hydrogen) atoms. The van der Waals surface area contributed by atoms with Gasteiger partial charge in [0.15, 0.2) is 0 Å². The van der Waals surface area contributed by atoms with Gasteiger partial charge < -0.3 is 10.6 Å². The molecule has 0 aromatic carbocycles. The molecule has 96 valence electrons. The van der Waals surface area contributed by atoms with E-state index in [2.05, 4.69) is 10.6 Å². The van der Waals surface area contributed by atoms with Gasteiger partial charge in [-0.25, -0.2) is 13.6 Å². The van der Waals surface area contributed by atoms with Crippen LogP contribution in [-0.2, 0) is 10.0 Å². The molecule has 1 amide bonds. The zero-order valence-electron chi connectivity index (χ0n) is 9.39. The fourth-order valence-electron chi connectivity index (χ4n) is 1.13. The quantitative estimate of drug-likeness (QED) is 0.623. The van der Waals surface area contributed by atoms with Crippen molar-refractivity contribution in [1.82, 2.24) is 10.6 Å². The molecule has 0 unspecified atom stereocenters. The molecule has 0 aliphatic rings. The number of primary sulfonamides is 1. The number of thiophene rings is 1. The van der Waals surface area contributed by atoms with E-state index in [0.717, 1.165) is 17.9 Å². The monoisotopic (exact) mass is 277 g/mol. The zero-order chi connectivity index (χ0) is 12.9. The minimum atomic E-state index is -3.72. The highest BCUT2D eigenvalue weighted by atomic mass is 32.2. The summed E-state index contributed by atoms with van der Waals surface area (Å²) in [5.74, 6) is -0.297. The second kappa shape index (κ2) is 6.10. The topological polar surface area (TPSA) is 101 Å². The smallest absolute Gasteiger partial charge is 0.252 e. The maximum absolute atomic E-state index is 11.6. The van der Waals surface area contributed by atoms with Gasteiger partial charge in [0, 0.05) is 18.5 Å². The summed E-state index contributed by atoms with van der Waals surface area (Å²) in [5.41, 5.74) is 0.315. The molecule has 1 aromatic rings. The Morgan fingerprint density at radius 3 is 2.71 bits per heavy atom. The Kier molecular flexibility index (Phi) is 5.06. The first-order chi connectivity index (χ1) is 7.95. The van der Waals surface area contributed by atoms with Crippen LogP contribution >= 0.6 is 11.3 Å². The second-order valence-corrected chi connectivity index (χ2v) is 6.01. The summed E-state index contributed by atoms with van der Waals surface area (Å²) in [7, 11) is -3.72. The van der Waals surface area contributed by atoms with Crippen LogP contribution in [0.4, 0.5) is 0 Å². The maximum atomic E-state index is 11.6. The number of sulfonamides is 1. The summed E-state index contributed by atoms with van der Waals surface area (Å²) in [6.07, 6.45) is 0. The van der Waals surface area contributed by atoms with Crippen molar-refractivity contribution >= 4 is 27.3 Å². The molecule has 1 heterocycles. The molecule has 0 spiro atoms. The van der Waals surface area contributed by atoms with Crippen LogP contribution in [0, 0.1) is 0 Å². The Hall–Kier alpha value is -0.960. The van der Waals surface area contributed by atoms with E-state index in [1.54, 1.807) is 0 Å². The van der Waals surface area contributed by atoms with E-state index in [9.17, 15) is 13.2 Å². The van der Waals surface area contributed by atoms with Crippen molar-refractivity contribution in [2.75, 3.05) is 19.6 Å².